The maximum Gasteiger partial charge on any atom is 0.176 e. The smallest absolute Gasteiger partial charge is 0.176 e. The van der Waals surface area contributed by atoms with Gasteiger partial charge < -0.3 is 14.6 Å². The lowest BCUT2D eigenvalue weighted by atomic mass is 9.96. The molecular formula is C10H18O3. The van der Waals surface area contributed by atoms with E-state index in [1.807, 2.05) is 12.2 Å². The van der Waals surface area contributed by atoms with Crippen LogP contribution in [-0.4, -0.2) is 31.2 Å². The van der Waals surface area contributed by atoms with Crippen LogP contribution >= 0.6 is 0 Å². The van der Waals surface area contributed by atoms with Crippen molar-refractivity contribution in [3.05, 3.63) is 12.2 Å². The summed E-state index contributed by atoms with van der Waals surface area (Å²) in [4.78, 5) is 0. The molecule has 0 atom stereocenters. The summed E-state index contributed by atoms with van der Waals surface area (Å²) in [7, 11) is 0. The first kappa shape index (κ1) is 10.7. The second kappa shape index (κ2) is 4.74. The molecular weight excluding hydrogens is 168 g/mol. The summed E-state index contributed by atoms with van der Waals surface area (Å²) < 4.78 is 10.9. The fourth-order valence-corrected chi connectivity index (χ4v) is 1.10. The van der Waals surface area contributed by atoms with Gasteiger partial charge in [-0.2, -0.15) is 0 Å². The van der Waals surface area contributed by atoms with Crippen molar-refractivity contribution in [1.29, 1.82) is 0 Å². The normalized spacial score (nSPS) is 23.9. The molecule has 1 saturated heterocycles. The Morgan fingerprint density at radius 1 is 1.38 bits per heavy atom. The molecule has 0 amide bonds. The van der Waals surface area contributed by atoms with Crippen molar-refractivity contribution >= 4 is 0 Å². The molecule has 0 aromatic heterocycles. The van der Waals surface area contributed by atoms with Gasteiger partial charge in [-0.1, -0.05) is 19.9 Å². The molecule has 1 N–H and O–H groups in total. The Balaban J connectivity index is 2.25. The van der Waals surface area contributed by atoms with E-state index >= 15 is 0 Å². The van der Waals surface area contributed by atoms with Gasteiger partial charge in [-0.05, 0) is 12.5 Å². The highest BCUT2D eigenvalue weighted by Gasteiger charge is 2.26. The van der Waals surface area contributed by atoms with E-state index in [4.69, 9.17) is 14.6 Å². The molecule has 1 fully saturated rings. The topological polar surface area (TPSA) is 38.7 Å². The van der Waals surface area contributed by atoms with E-state index in [1.165, 1.54) is 0 Å². The van der Waals surface area contributed by atoms with Gasteiger partial charge in [0.05, 0.1) is 13.2 Å². The van der Waals surface area contributed by atoms with E-state index < -0.39 is 0 Å². The van der Waals surface area contributed by atoms with Gasteiger partial charge in [-0.25, -0.2) is 0 Å². The first-order chi connectivity index (χ1) is 6.14. The Kier molecular flexibility index (Phi) is 3.90. The molecule has 1 heterocycles. The Morgan fingerprint density at radius 3 is 2.54 bits per heavy atom. The maximum atomic E-state index is 8.55. The molecule has 0 radical (unpaired) electrons. The van der Waals surface area contributed by atoms with Crippen LogP contribution in [0.1, 0.15) is 20.3 Å². The predicted molar refractivity (Wildman–Crippen MR) is 50.3 cm³/mol. The van der Waals surface area contributed by atoms with Crippen LogP contribution in [0.25, 0.3) is 0 Å². The van der Waals surface area contributed by atoms with Crippen LogP contribution < -0.4 is 0 Å². The minimum absolute atomic E-state index is 0.126. The molecule has 76 valence electrons. The zero-order valence-corrected chi connectivity index (χ0v) is 8.32. The minimum Gasteiger partial charge on any atom is -0.396 e. The number of rotatable bonds is 3. The number of hydrogen-bond acceptors (Lipinski definition) is 3. The zero-order valence-electron chi connectivity index (χ0n) is 8.32. The van der Waals surface area contributed by atoms with E-state index in [1.54, 1.807) is 0 Å². The summed E-state index contributed by atoms with van der Waals surface area (Å²) in [5.74, 6) is 0. The third-order valence-corrected chi connectivity index (χ3v) is 1.87. The number of ether oxygens (including phenoxy) is 2. The summed E-state index contributed by atoms with van der Waals surface area (Å²) in [6, 6.07) is 0. The summed E-state index contributed by atoms with van der Waals surface area (Å²) in [5.41, 5.74) is 0.126. The lowest BCUT2D eigenvalue weighted by Gasteiger charge is -2.33. The fourth-order valence-electron chi connectivity index (χ4n) is 1.10. The van der Waals surface area contributed by atoms with Crippen molar-refractivity contribution in [1.82, 2.24) is 0 Å². The lowest BCUT2D eigenvalue weighted by molar-refractivity contribution is -0.197. The Morgan fingerprint density at radius 2 is 2.00 bits per heavy atom. The first-order valence-corrected chi connectivity index (χ1v) is 4.65. The fraction of sp³-hybridized carbons (Fsp3) is 0.800. The second-order valence-electron chi connectivity index (χ2n) is 4.10. The van der Waals surface area contributed by atoms with Gasteiger partial charge in [-0.15, -0.1) is 0 Å². The third-order valence-electron chi connectivity index (χ3n) is 1.87. The molecule has 3 heteroatoms. The van der Waals surface area contributed by atoms with Crippen molar-refractivity contribution in [2.75, 3.05) is 19.8 Å². The number of aliphatic hydroxyl groups excluding tert-OH is 1. The SMILES string of the molecule is CC1(C)COC(C=CCCO)OC1. The average Bonchev–Trinajstić information content (AvgIpc) is 2.08. The van der Waals surface area contributed by atoms with Crippen molar-refractivity contribution < 1.29 is 14.6 Å². The van der Waals surface area contributed by atoms with Crippen LogP contribution in [0, 0.1) is 5.41 Å². The molecule has 0 unspecified atom stereocenters. The van der Waals surface area contributed by atoms with E-state index in [9.17, 15) is 0 Å². The predicted octanol–water partition coefficient (Wildman–Crippen LogP) is 1.32. The summed E-state index contributed by atoms with van der Waals surface area (Å²) >= 11 is 0. The van der Waals surface area contributed by atoms with Gasteiger partial charge >= 0.3 is 0 Å². The summed E-state index contributed by atoms with van der Waals surface area (Å²) in [6.45, 7) is 5.85. The Bertz CT molecular complexity index is 165. The lowest BCUT2D eigenvalue weighted by Crippen LogP contribution is -2.36. The Hall–Kier alpha value is -0.380. The molecule has 0 aromatic carbocycles. The highest BCUT2D eigenvalue weighted by Crippen LogP contribution is 2.23. The van der Waals surface area contributed by atoms with E-state index in [0.29, 0.717) is 6.42 Å². The maximum absolute atomic E-state index is 8.55. The molecule has 0 spiro atoms. The quantitative estimate of drug-likeness (QED) is 0.676. The van der Waals surface area contributed by atoms with E-state index in [-0.39, 0.29) is 18.3 Å². The summed E-state index contributed by atoms with van der Waals surface area (Å²) in [5, 5.41) is 8.55. The van der Waals surface area contributed by atoms with Crippen molar-refractivity contribution in [2.45, 2.75) is 26.6 Å². The van der Waals surface area contributed by atoms with Crippen LogP contribution in [0.3, 0.4) is 0 Å². The minimum atomic E-state index is -0.223. The molecule has 3 nitrogen and oxygen atoms in total. The number of aliphatic hydroxyl groups is 1. The van der Waals surface area contributed by atoms with Gasteiger partial charge in [0.25, 0.3) is 0 Å². The van der Waals surface area contributed by atoms with Crippen LogP contribution in [0.2, 0.25) is 0 Å². The van der Waals surface area contributed by atoms with Gasteiger partial charge in [0, 0.05) is 12.0 Å². The standard InChI is InChI=1S/C10H18O3/c1-10(2)7-12-9(13-8-10)5-3-4-6-11/h3,5,9,11H,4,6-8H2,1-2H3. The van der Waals surface area contributed by atoms with Crippen LogP contribution in [0.15, 0.2) is 12.2 Å². The van der Waals surface area contributed by atoms with Crippen LogP contribution in [-0.2, 0) is 9.47 Å². The molecule has 1 aliphatic rings. The van der Waals surface area contributed by atoms with Gasteiger partial charge in [0.15, 0.2) is 6.29 Å². The molecule has 1 aliphatic heterocycles. The molecule has 0 bridgehead atoms. The molecule has 1 rings (SSSR count). The largest absolute Gasteiger partial charge is 0.396 e. The average molecular weight is 186 g/mol. The highest BCUT2D eigenvalue weighted by molar-refractivity contribution is 4.87. The van der Waals surface area contributed by atoms with Crippen molar-refractivity contribution in [3.63, 3.8) is 0 Å². The first-order valence-electron chi connectivity index (χ1n) is 4.65. The monoisotopic (exact) mass is 186 g/mol. The second-order valence-corrected chi connectivity index (χ2v) is 4.10. The van der Waals surface area contributed by atoms with E-state index in [0.717, 1.165) is 13.2 Å². The molecule has 13 heavy (non-hydrogen) atoms. The van der Waals surface area contributed by atoms with Crippen LogP contribution in [0.5, 0.6) is 0 Å². The Labute approximate surface area is 79.3 Å². The van der Waals surface area contributed by atoms with Crippen molar-refractivity contribution in [2.24, 2.45) is 5.41 Å². The molecule has 0 aromatic rings. The van der Waals surface area contributed by atoms with E-state index in [2.05, 4.69) is 13.8 Å². The number of hydrogen-bond donors (Lipinski definition) is 1. The molecule has 0 aliphatic carbocycles. The van der Waals surface area contributed by atoms with Gasteiger partial charge in [0.1, 0.15) is 0 Å². The van der Waals surface area contributed by atoms with Crippen molar-refractivity contribution in [3.8, 4) is 0 Å². The van der Waals surface area contributed by atoms with Crippen LogP contribution in [0.4, 0.5) is 0 Å². The van der Waals surface area contributed by atoms with Gasteiger partial charge in [-0.3, -0.25) is 0 Å². The van der Waals surface area contributed by atoms with Gasteiger partial charge in [0.2, 0.25) is 0 Å². The molecule has 0 saturated carbocycles. The summed E-state index contributed by atoms with van der Waals surface area (Å²) in [6.07, 6.45) is 4.17. The highest BCUT2D eigenvalue weighted by atomic mass is 16.7. The third kappa shape index (κ3) is 3.89. The zero-order chi connectivity index (χ0) is 9.73.